The summed E-state index contributed by atoms with van der Waals surface area (Å²) in [5, 5.41) is 11.3. The van der Waals surface area contributed by atoms with Gasteiger partial charge in [-0.1, -0.05) is 6.42 Å². The molecule has 1 fully saturated rings. The van der Waals surface area contributed by atoms with Gasteiger partial charge in [0.05, 0.1) is 25.3 Å². The quantitative estimate of drug-likeness (QED) is 0.623. The molecule has 2 heterocycles. The second-order valence-electron chi connectivity index (χ2n) is 7.81. The number of hydrogen-bond acceptors (Lipinski definition) is 6. The van der Waals surface area contributed by atoms with Crippen molar-refractivity contribution in [2.24, 2.45) is 0 Å². The van der Waals surface area contributed by atoms with Crippen molar-refractivity contribution in [1.82, 2.24) is 4.90 Å². The van der Waals surface area contributed by atoms with Crippen molar-refractivity contribution < 1.29 is 19.0 Å². The third kappa shape index (κ3) is 3.75. The van der Waals surface area contributed by atoms with E-state index in [-0.39, 0.29) is 5.75 Å². The number of rotatable bonds is 5. The molecular formula is C24H27NO5. The van der Waals surface area contributed by atoms with Crippen LogP contribution in [0.2, 0.25) is 0 Å². The molecule has 1 aromatic heterocycles. The van der Waals surface area contributed by atoms with E-state index in [0.29, 0.717) is 46.4 Å². The number of aromatic hydroxyl groups is 1. The van der Waals surface area contributed by atoms with Crippen molar-refractivity contribution in [3.05, 3.63) is 52.4 Å². The molecule has 0 bridgehead atoms. The van der Waals surface area contributed by atoms with Crippen LogP contribution in [0.15, 0.2) is 45.6 Å². The summed E-state index contributed by atoms with van der Waals surface area (Å²) in [4.78, 5) is 15.3. The fraction of sp³-hybridized carbons (Fsp3) is 0.375. The topological polar surface area (TPSA) is 72.1 Å². The highest BCUT2D eigenvalue weighted by Gasteiger charge is 2.22. The number of benzene rings is 2. The van der Waals surface area contributed by atoms with E-state index in [4.69, 9.17) is 13.9 Å². The smallest absolute Gasteiger partial charge is 0.344 e. The number of piperidine rings is 1. The summed E-state index contributed by atoms with van der Waals surface area (Å²) < 4.78 is 16.5. The molecule has 0 spiro atoms. The van der Waals surface area contributed by atoms with Crippen molar-refractivity contribution >= 4 is 11.0 Å². The Morgan fingerprint density at radius 2 is 1.93 bits per heavy atom. The first-order valence-electron chi connectivity index (χ1n) is 10.3. The third-order valence-electron chi connectivity index (χ3n) is 5.98. The number of phenols is 1. The van der Waals surface area contributed by atoms with Gasteiger partial charge < -0.3 is 19.0 Å². The summed E-state index contributed by atoms with van der Waals surface area (Å²) in [6.45, 7) is 3.72. The highest BCUT2D eigenvalue weighted by Crippen LogP contribution is 2.35. The van der Waals surface area contributed by atoms with E-state index in [1.165, 1.54) is 6.42 Å². The number of fused-ring (bicyclic) bond motifs is 1. The second kappa shape index (κ2) is 8.40. The summed E-state index contributed by atoms with van der Waals surface area (Å²) in [6.07, 6.45) is 3.49. The molecule has 1 saturated heterocycles. The number of phenolic OH excluding ortho intramolecular Hbond substituents is 1. The zero-order valence-electron chi connectivity index (χ0n) is 17.6. The van der Waals surface area contributed by atoms with Crippen LogP contribution in [-0.2, 0) is 6.54 Å². The van der Waals surface area contributed by atoms with Gasteiger partial charge in [0, 0.05) is 23.5 Å². The lowest BCUT2D eigenvalue weighted by atomic mass is 10.0. The SMILES string of the molecule is COc1ccc(OC)c(-c2cc3ccc(O)c(CN4CCCC[C@@H]4C)c3oc2=O)c1. The molecule has 1 N–H and O–H groups in total. The molecule has 1 atom stereocenters. The van der Waals surface area contributed by atoms with Gasteiger partial charge in [-0.2, -0.15) is 0 Å². The van der Waals surface area contributed by atoms with Crippen molar-refractivity contribution in [2.45, 2.75) is 38.8 Å². The van der Waals surface area contributed by atoms with Gasteiger partial charge in [-0.05, 0) is 62.7 Å². The normalized spacial score (nSPS) is 17.2. The molecule has 0 saturated carbocycles. The lowest BCUT2D eigenvalue weighted by molar-refractivity contribution is 0.151. The molecule has 4 rings (SSSR count). The molecule has 1 aliphatic rings. The standard InChI is InChI=1S/C24H27NO5/c1-15-6-4-5-11-25(15)14-20-21(26)9-7-16-12-19(24(27)30-23(16)20)18-13-17(28-2)8-10-22(18)29-3/h7-10,12-13,15,26H,4-6,11,14H2,1-3H3/t15-/m0/s1. The van der Waals surface area contributed by atoms with E-state index in [9.17, 15) is 9.90 Å². The first-order valence-corrected chi connectivity index (χ1v) is 10.3. The summed E-state index contributed by atoms with van der Waals surface area (Å²) in [5.41, 5.74) is 1.60. The van der Waals surface area contributed by atoms with Gasteiger partial charge in [-0.25, -0.2) is 4.79 Å². The van der Waals surface area contributed by atoms with Crippen LogP contribution in [-0.4, -0.2) is 36.8 Å². The van der Waals surface area contributed by atoms with Crippen LogP contribution in [0, 0.1) is 0 Å². The molecule has 6 heteroatoms. The Hall–Kier alpha value is -2.99. The van der Waals surface area contributed by atoms with E-state index in [0.717, 1.165) is 24.8 Å². The van der Waals surface area contributed by atoms with Crippen LogP contribution in [0.3, 0.4) is 0 Å². The molecule has 158 valence electrons. The van der Waals surface area contributed by atoms with Crippen LogP contribution in [0.4, 0.5) is 0 Å². The summed E-state index contributed by atoms with van der Waals surface area (Å²) in [5.74, 6) is 1.33. The minimum atomic E-state index is -0.479. The molecule has 30 heavy (non-hydrogen) atoms. The Labute approximate surface area is 175 Å². The Bertz CT molecular complexity index is 1120. The molecule has 0 aliphatic carbocycles. The van der Waals surface area contributed by atoms with Gasteiger partial charge in [0.2, 0.25) is 0 Å². The van der Waals surface area contributed by atoms with Gasteiger partial charge in [0.1, 0.15) is 22.8 Å². The molecule has 6 nitrogen and oxygen atoms in total. The molecule has 0 unspecified atom stereocenters. The fourth-order valence-electron chi connectivity index (χ4n) is 4.19. The maximum absolute atomic E-state index is 13.0. The monoisotopic (exact) mass is 409 g/mol. The Morgan fingerprint density at radius 1 is 1.10 bits per heavy atom. The number of likely N-dealkylation sites (tertiary alicyclic amines) is 1. The molecule has 2 aromatic carbocycles. The number of methoxy groups -OCH3 is 2. The van der Waals surface area contributed by atoms with Crippen molar-refractivity contribution in [3.63, 3.8) is 0 Å². The zero-order valence-corrected chi connectivity index (χ0v) is 17.6. The van der Waals surface area contributed by atoms with Gasteiger partial charge >= 0.3 is 5.63 Å². The molecule has 0 radical (unpaired) electrons. The molecular weight excluding hydrogens is 382 g/mol. The molecule has 3 aromatic rings. The van der Waals surface area contributed by atoms with Crippen LogP contribution in [0.1, 0.15) is 31.7 Å². The lowest BCUT2D eigenvalue weighted by Crippen LogP contribution is -2.36. The van der Waals surface area contributed by atoms with Gasteiger partial charge in [0.25, 0.3) is 0 Å². The minimum absolute atomic E-state index is 0.148. The van der Waals surface area contributed by atoms with Crippen molar-refractivity contribution in [2.75, 3.05) is 20.8 Å². The van der Waals surface area contributed by atoms with Crippen molar-refractivity contribution in [3.8, 4) is 28.4 Å². The fourth-order valence-corrected chi connectivity index (χ4v) is 4.19. The maximum Gasteiger partial charge on any atom is 0.344 e. The summed E-state index contributed by atoms with van der Waals surface area (Å²) in [7, 11) is 3.13. The molecule has 0 amide bonds. The molecule has 1 aliphatic heterocycles. The predicted molar refractivity (Wildman–Crippen MR) is 116 cm³/mol. The largest absolute Gasteiger partial charge is 0.507 e. The van der Waals surface area contributed by atoms with Crippen LogP contribution < -0.4 is 15.1 Å². The van der Waals surface area contributed by atoms with Gasteiger partial charge in [-0.3, -0.25) is 4.90 Å². The van der Waals surface area contributed by atoms with E-state index in [1.54, 1.807) is 50.6 Å². The van der Waals surface area contributed by atoms with Crippen LogP contribution in [0.5, 0.6) is 17.2 Å². The Balaban J connectivity index is 1.83. The average molecular weight is 409 g/mol. The van der Waals surface area contributed by atoms with Gasteiger partial charge in [0.15, 0.2) is 0 Å². The van der Waals surface area contributed by atoms with Crippen LogP contribution in [0.25, 0.3) is 22.1 Å². The third-order valence-corrected chi connectivity index (χ3v) is 5.98. The first-order chi connectivity index (χ1) is 14.5. The summed E-state index contributed by atoms with van der Waals surface area (Å²) in [6, 6.07) is 11.0. The Kier molecular flexibility index (Phi) is 5.68. The highest BCUT2D eigenvalue weighted by molar-refractivity contribution is 5.87. The van der Waals surface area contributed by atoms with E-state index >= 15 is 0 Å². The van der Waals surface area contributed by atoms with Gasteiger partial charge in [-0.15, -0.1) is 0 Å². The zero-order chi connectivity index (χ0) is 21.3. The number of ether oxygens (including phenoxy) is 2. The van der Waals surface area contributed by atoms with Crippen LogP contribution >= 0.6 is 0 Å². The summed E-state index contributed by atoms with van der Waals surface area (Å²) >= 11 is 0. The Morgan fingerprint density at radius 3 is 2.67 bits per heavy atom. The predicted octanol–water partition coefficient (Wildman–Crippen LogP) is 4.56. The maximum atomic E-state index is 13.0. The van der Waals surface area contributed by atoms with E-state index in [2.05, 4.69) is 11.8 Å². The first kappa shape index (κ1) is 20.3. The number of nitrogens with zero attached hydrogens (tertiary/aromatic N) is 1. The second-order valence-corrected chi connectivity index (χ2v) is 7.81. The van der Waals surface area contributed by atoms with Crippen molar-refractivity contribution in [1.29, 1.82) is 0 Å². The highest BCUT2D eigenvalue weighted by atomic mass is 16.5. The minimum Gasteiger partial charge on any atom is -0.507 e. The van der Waals surface area contributed by atoms with E-state index < -0.39 is 5.63 Å². The number of hydrogen-bond donors (Lipinski definition) is 1. The average Bonchev–Trinajstić information content (AvgIpc) is 2.76. The lowest BCUT2D eigenvalue weighted by Gasteiger charge is -2.33. The van der Waals surface area contributed by atoms with E-state index in [1.807, 2.05) is 0 Å².